The van der Waals surface area contributed by atoms with Crippen molar-refractivity contribution in [1.29, 1.82) is 0 Å². The highest BCUT2D eigenvalue weighted by atomic mass is 32.2. The Morgan fingerprint density at radius 2 is 1.85 bits per heavy atom. The first kappa shape index (κ1) is 22.7. The van der Waals surface area contributed by atoms with Gasteiger partial charge in [-0.1, -0.05) is 12.1 Å². The molecule has 2 aromatic carbocycles. The summed E-state index contributed by atoms with van der Waals surface area (Å²) in [5, 5.41) is 2.83. The van der Waals surface area contributed by atoms with Crippen molar-refractivity contribution in [3.05, 3.63) is 66.2 Å². The molecule has 9 nitrogen and oxygen atoms in total. The Bertz CT molecular complexity index is 1250. The average Bonchev–Trinajstić information content (AvgIpc) is 3.22. The molecule has 174 valence electrons. The highest BCUT2D eigenvalue weighted by molar-refractivity contribution is 7.92. The molecule has 4 rings (SSSR count). The summed E-state index contributed by atoms with van der Waals surface area (Å²) in [6, 6.07) is 11.6. The van der Waals surface area contributed by atoms with E-state index in [2.05, 4.69) is 10.3 Å². The molecule has 33 heavy (non-hydrogen) atoms. The van der Waals surface area contributed by atoms with E-state index in [0.717, 1.165) is 27.6 Å². The lowest BCUT2D eigenvalue weighted by molar-refractivity contribution is -0.122. The minimum atomic E-state index is -3.74. The van der Waals surface area contributed by atoms with Gasteiger partial charge in [-0.05, 0) is 43.7 Å². The number of aromatic nitrogens is 2. The van der Waals surface area contributed by atoms with Gasteiger partial charge in [-0.2, -0.15) is 0 Å². The summed E-state index contributed by atoms with van der Waals surface area (Å²) in [5.74, 6) is 1.47. The highest BCUT2D eigenvalue weighted by Crippen LogP contribution is 2.35. The predicted molar refractivity (Wildman–Crippen MR) is 124 cm³/mol. The second-order valence-corrected chi connectivity index (χ2v) is 9.65. The molecule has 0 saturated heterocycles. The summed E-state index contributed by atoms with van der Waals surface area (Å²) < 4.78 is 39.2. The van der Waals surface area contributed by atoms with Crippen LogP contribution in [0.1, 0.15) is 18.3 Å². The van der Waals surface area contributed by atoms with Crippen LogP contribution < -0.4 is 19.1 Å². The first-order chi connectivity index (χ1) is 15.7. The molecule has 10 heteroatoms. The molecule has 0 aliphatic carbocycles. The van der Waals surface area contributed by atoms with Crippen LogP contribution in [0.4, 0.5) is 5.69 Å². The Kier molecular flexibility index (Phi) is 6.28. The fraction of sp³-hybridized carbons (Fsp3) is 0.304. The van der Waals surface area contributed by atoms with Crippen molar-refractivity contribution in [2.45, 2.75) is 26.4 Å². The predicted octanol–water partition coefficient (Wildman–Crippen LogP) is 2.42. The second kappa shape index (κ2) is 9.14. The molecule has 1 aliphatic rings. The number of amides is 1. The monoisotopic (exact) mass is 470 g/mol. The van der Waals surface area contributed by atoms with E-state index < -0.39 is 22.0 Å². The number of aryl methyl sites for hydroxylation is 1. The zero-order valence-electron chi connectivity index (χ0n) is 18.7. The summed E-state index contributed by atoms with van der Waals surface area (Å²) in [7, 11) is -3.74. The van der Waals surface area contributed by atoms with Gasteiger partial charge in [-0.25, -0.2) is 13.4 Å². The zero-order valence-corrected chi connectivity index (χ0v) is 19.5. The van der Waals surface area contributed by atoms with Crippen LogP contribution in [0.25, 0.3) is 5.69 Å². The van der Waals surface area contributed by atoms with Crippen LogP contribution in [0.5, 0.6) is 11.5 Å². The number of fused-ring (bicyclic) bond motifs is 1. The zero-order chi connectivity index (χ0) is 23.6. The fourth-order valence-corrected chi connectivity index (χ4v) is 4.91. The number of benzene rings is 2. The van der Waals surface area contributed by atoms with E-state index in [4.69, 9.17) is 9.47 Å². The van der Waals surface area contributed by atoms with Crippen LogP contribution in [0.3, 0.4) is 0 Å². The second-order valence-electron chi connectivity index (χ2n) is 7.79. The van der Waals surface area contributed by atoms with E-state index in [1.165, 1.54) is 0 Å². The van der Waals surface area contributed by atoms with Gasteiger partial charge in [0.1, 0.15) is 25.1 Å². The molecule has 1 N–H and O–H groups in total. The fourth-order valence-electron chi connectivity index (χ4n) is 3.74. The third kappa shape index (κ3) is 4.95. The van der Waals surface area contributed by atoms with Crippen LogP contribution in [0, 0.1) is 6.92 Å². The molecular weight excluding hydrogens is 444 g/mol. The lowest BCUT2D eigenvalue weighted by atomic mass is 10.2. The standard InChI is InChI=1S/C23H26N4O5S/c1-16(27(33(3,29)30)20-8-9-21-22(14-20)32-13-12-31-21)23(28)25-15-18-4-6-19(7-5-18)26-11-10-24-17(26)2/h4-11,14,16H,12-13,15H2,1-3H3,(H,25,28)/t16-/m1/s1. The van der Waals surface area contributed by atoms with Gasteiger partial charge in [-0.15, -0.1) is 0 Å². The van der Waals surface area contributed by atoms with Gasteiger partial charge in [0.2, 0.25) is 15.9 Å². The van der Waals surface area contributed by atoms with Gasteiger partial charge in [0, 0.05) is 30.7 Å². The molecule has 2 heterocycles. The molecule has 0 spiro atoms. The molecule has 0 unspecified atom stereocenters. The van der Waals surface area contributed by atoms with E-state index in [9.17, 15) is 13.2 Å². The van der Waals surface area contributed by atoms with Crippen LogP contribution in [-0.2, 0) is 21.4 Å². The highest BCUT2D eigenvalue weighted by Gasteiger charge is 2.30. The maximum Gasteiger partial charge on any atom is 0.243 e. The molecule has 0 bridgehead atoms. The lowest BCUT2D eigenvalue weighted by Gasteiger charge is -2.29. The smallest absolute Gasteiger partial charge is 0.243 e. The Morgan fingerprint density at radius 3 is 2.48 bits per heavy atom. The van der Waals surface area contributed by atoms with Crippen molar-refractivity contribution >= 4 is 21.6 Å². The number of nitrogens with zero attached hydrogens (tertiary/aromatic N) is 3. The van der Waals surface area contributed by atoms with E-state index in [1.54, 1.807) is 31.3 Å². The lowest BCUT2D eigenvalue weighted by Crippen LogP contribution is -2.47. The summed E-state index contributed by atoms with van der Waals surface area (Å²) in [4.78, 5) is 17.1. The molecule has 0 fully saturated rings. The third-order valence-electron chi connectivity index (χ3n) is 5.38. The van der Waals surface area contributed by atoms with Gasteiger partial charge >= 0.3 is 0 Å². The van der Waals surface area contributed by atoms with E-state index in [-0.39, 0.29) is 6.54 Å². The minimum absolute atomic E-state index is 0.269. The van der Waals surface area contributed by atoms with Crippen molar-refractivity contribution in [3.63, 3.8) is 0 Å². The largest absolute Gasteiger partial charge is 0.486 e. The Hall–Kier alpha value is -3.53. The Morgan fingerprint density at radius 1 is 1.15 bits per heavy atom. The molecule has 0 saturated carbocycles. The minimum Gasteiger partial charge on any atom is -0.486 e. The number of rotatable bonds is 7. The third-order valence-corrected chi connectivity index (χ3v) is 6.62. The van der Waals surface area contributed by atoms with Crippen LogP contribution in [0.15, 0.2) is 54.9 Å². The SMILES string of the molecule is Cc1nccn1-c1ccc(CNC(=O)[C@@H](C)N(c2ccc3c(c2)OCCO3)S(C)(=O)=O)cc1. The Labute approximate surface area is 193 Å². The van der Waals surface area contributed by atoms with Crippen LogP contribution in [-0.4, -0.2) is 49.4 Å². The van der Waals surface area contributed by atoms with Gasteiger partial charge in [0.25, 0.3) is 0 Å². The van der Waals surface area contributed by atoms with Crippen molar-refractivity contribution in [3.8, 4) is 17.2 Å². The number of hydrogen-bond donors (Lipinski definition) is 1. The number of nitrogens with one attached hydrogen (secondary N) is 1. The van der Waals surface area contributed by atoms with E-state index in [1.807, 2.05) is 42.0 Å². The summed E-state index contributed by atoms with van der Waals surface area (Å²) in [5.41, 5.74) is 2.20. The number of anilines is 1. The number of carbonyl (C=O) groups is 1. The summed E-state index contributed by atoms with van der Waals surface area (Å²) in [6.07, 6.45) is 4.69. The van der Waals surface area contributed by atoms with E-state index in [0.29, 0.717) is 30.4 Å². The molecule has 1 aliphatic heterocycles. The van der Waals surface area contributed by atoms with Gasteiger partial charge < -0.3 is 19.4 Å². The van der Waals surface area contributed by atoms with E-state index >= 15 is 0 Å². The number of sulfonamides is 1. The molecule has 3 aromatic rings. The molecule has 0 radical (unpaired) electrons. The molecule has 1 amide bonds. The normalized spacial score (nSPS) is 13.9. The van der Waals surface area contributed by atoms with Gasteiger partial charge in [0.05, 0.1) is 11.9 Å². The van der Waals surface area contributed by atoms with Crippen molar-refractivity contribution < 1.29 is 22.7 Å². The van der Waals surface area contributed by atoms with Crippen LogP contribution >= 0.6 is 0 Å². The molecule has 1 aromatic heterocycles. The maximum atomic E-state index is 12.9. The van der Waals surface area contributed by atoms with Crippen molar-refractivity contribution in [2.75, 3.05) is 23.8 Å². The average molecular weight is 471 g/mol. The number of carbonyl (C=O) groups excluding carboxylic acids is 1. The first-order valence-corrected chi connectivity index (χ1v) is 12.3. The van der Waals surface area contributed by atoms with Crippen molar-refractivity contribution in [1.82, 2.24) is 14.9 Å². The summed E-state index contributed by atoms with van der Waals surface area (Å²) in [6.45, 7) is 4.56. The number of hydrogen-bond acceptors (Lipinski definition) is 6. The molecule has 1 atom stereocenters. The van der Waals surface area contributed by atoms with Crippen molar-refractivity contribution in [2.24, 2.45) is 0 Å². The number of ether oxygens (including phenoxy) is 2. The molecular formula is C23H26N4O5S. The number of imidazole rings is 1. The first-order valence-electron chi connectivity index (χ1n) is 10.5. The maximum absolute atomic E-state index is 12.9. The van der Waals surface area contributed by atoms with Crippen LogP contribution in [0.2, 0.25) is 0 Å². The Balaban J connectivity index is 1.47. The van der Waals surface area contributed by atoms with Gasteiger partial charge in [0.15, 0.2) is 11.5 Å². The van der Waals surface area contributed by atoms with Gasteiger partial charge in [-0.3, -0.25) is 9.10 Å². The quantitative estimate of drug-likeness (QED) is 0.569. The topological polar surface area (TPSA) is 103 Å². The summed E-state index contributed by atoms with van der Waals surface area (Å²) >= 11 is 0.